The molecule has 0 saturated heterocycles. The molecule has 1 aliphatic rings. The van der Waals surface area contributed by atoms with E-state index in [1.54, 1.807) is 6.07 Å². The van der Waals surface area contributed by atoms with E-state index in [0.29, 0.717) is 17.7 Å². The van der Waals surface area contributed by atoms with Gasteiger partial charge in [0, 0.05) is 12.1 Å². The monoisotopic (exact) mass is 224 g/mol. The molecule has 1 aromatic rings. The van der Waals surface area contributed by atoms with Crippen LogP contribution in [0, 0.1) is 11.3 Å². The van der Waals surface area contributed by atoms with Gasteiger partial charge in [0.1, 0.15) is 11.6 Å². The van der Waals surface area contributed by atoms with E-state index in [2.05, 4.69) is 4.98 Å². The lowest BCUT2D eigenvalue weighted by molar-refractivity contribution is 0.590. The molecular weight excluding hydrogens is 216 g/mol. The quantitative estimate of drug-likeness (QED) is 0.656. The molecule has 0 aliphatic carbocycles. The van der Waals surface area contributed by atoms with E-state index < -0.39 is 15.4 Å². The van der Waals surface area contributed by atoms with Gasteiger partial charge in [-0.3, -0.25) is 4.79 Å². The number of nitrogens with zero attached hydrogens (tertiary/aromatic N) is 1. The molecule has 0 saturated carbocycles. The van der Waals surface area contributed by atoms with Crippen molar-refractivity contribution in [3.05, 3.63) is 33.2 Å². The molecule has 1 N–H and O–H groups in total. The van der Waals surface area contributed by atoms with Gasteiger partial charge >= 0.3 is 0 Å². The van der Waals surface area contributed by atoms with Gasteiger partial charge in [-0.1, -0.05) is 0 Å². The van der Waals surface area contributed by atoms with E-state index >= 15 is 0 Å². The van der Waals surface area contributed by atoms with Crippen molar-refractivity contribution in [2.45, 2.75) is 12.2 Å². The third-order valence-electron chi connectivity index (χ3n) is 2.37. The number of nitrogens with one attached hydrogen (secondary N) is 1. The van der Waals surface area contributed by atoms with Crippen molar-refractivity contribution < 1.29 is 8.42 Å². The number of rotatable bonds is 0. The Labute approximate surface area is 86.3 Å². The molecule has 0 amide bonds. The summed E-state index contributed by atoms with van der Waals surface area (Å²) >= 11 is 0. The second kappa shape index (κ2) is 3.21. The highest BCUT2D eigenvalue weighted by molar-refractivity contribution is 7.90. The van der Waals surface area contributed by atoms with E-state index in [1.807, 2.05) is 0 Å². The lowest BCUT2D eigenvalue weighted by Gasteiger charge is -2.15. The van der Waals surface area contributed by atoms with Crippen LogP contribution in [0.25, 0.3) is 0 Å². The maximum absolute atomic E-state index is 11.3. The molecule has 15 heavy (non-hydrogen) atoms. The fraction of sp³-hybridized carbons (Fsp3) is 0.333. The normalized spacial score (nSPS) is 17.8. The number of aromatic nitrogens is 1. The van der Waals surface area contributed by atoms with Crippen LogP contribution in [0.15, 0.2) is 10.9 Å². The Morgan fingerprint density at radius 2 is 2.20 bits per heavy atom. The third kappa shape index (κ3) is 1.78. The summed E-state index contributed by atoms with van der Waals surface area (Å²) in [6.45, 7) is 0. The number of fused-ring (bicyclic) bond motifs is 1. The van der Waals surface area contributed by atoms with E-state index in [1.165, 1.54) is 6.07 Å². The molecule has 0 aromatic carbocycles. The summed E-state index contributed by atoms with van der Waals surface area (Å²) in [6.07, 6.45) is 0.318. The molecule has 0 atom stereocenters. The van der Waals surface area contributed by atoms with Gasteiger partial charge in [-0.25, -0.2) is 8.42 Å². The van der Waals surface area contributed by atoms with Gasteiger partial charge in [0.15, 0.2) is 9.84 Å². The molecule has 1 aliphatic heterocycles. The molecule has 78 valence electrons. The number of hydrogen-bond donors (Lipinski definition) is 1. The standard InChI is InChI=1S/C9H8N2O3S/c10-4-6-3-7-5-15(13,14)2-1-8(7)11-9(6)12/h3H,1-2,5H2,(H,11,12). The Balaban J connectivity index is 2.62. The lowest BCUT2D eigenvalue weighted by Crippen LogP contribution is -2.24. The van der Waals surface area contributed by atoms with Gasteiger partial charge in [-0.15, -0.1) is 0 Å². The summed E-state index contributed by atoms with van der Waals surface area (Å²) in [5.74, 6) is -0.0321. The zero-order valence-electron chi connectivity index (χ0n) is 7.78. The number of H-pyrrole nitrogens is 1. The molecule has 6 heteroatoms. The largest absolute Gasteiger partial charge is 0.325 e. The van der Waals surface area contributed by atoms with Crippen LogP contribution < -0.4 is 5.56 Å². The highest BCUT2D eigenvalue weighted by Gasteiger charge is 2.22. The minimum absolute atomic E-state index is 0.0362. The summed E-state index contributed by atoms with van der Waals surface area (Å²) < 4.78 is 22.6. The molecule has 0 unspecified atom stereocenters. The fourth-order valence-electron chi connectivity index (χ4n) is 1.61. The topological polar surface area (TPSA) is 90.8 Å². The van der Waals surface area contributed by atoms with Gasteiger partial charge in [-0.05, 0) is 11.6 Å². The highest BCUT2D eigenvalue weighted by atomic mass is 32.2. The van der Waals surface area contributed by atoms with Gasteiger partial charge in [0.05, 0.1) is 11.5 Å². The van der Waals surface area contributed by atoms with Crippen LogP contribution in [0.5, 0.6) is 0 Å². The molecule has 2 rings (SSSR count). The maximum atomic E-state index is 11.3. The van der Waals surface area contributed by atoms with E-state index in [9.17, 15) is 13.2 Å². The molecular formula is C9H8N2O3S. The van der Waals surface area contributed by atoms with Crippen LogP contribution in [0.3, 0.4) is 0 Å². The van der Waals surface area contributed by atoms with E-state index in [4.69, 9.17) is 5.26 Å². The first kappa shape index (κ1) is 9.93. The maximum Gasteiger partial charge on any atom is 0.266 e. The molecule has 0 spiro atoms. The average Bonchev–Trinajstić information content (AvgIpc) is 2.17. The first-order chi connectivity index (χ1) is 7.02. The first-order valence-electron chi connectivity index (χ1n) is 4.37. The van der Waals surface area contributed by atoms with Gasteiger partial charge < -0.3 is 4.98 Å². The molecule has 2 heterocycles. The molecule has 5 nitrogen and oxygen atoms in total. The van der Waals surface area contributed by atoms with Crippen LogP contribution in [0.2, 0.25) is 0 Å². The third-order valence-corrected chi connectivity index (χ3v) is 3.95. The van der Waals surface area contributed by atoms with E-state index in [0.717, 1.165) is 0 Å². The van der Waals surface area contributed by atoms with Crippen molar-refractivity contribution in [2.75, 3.05) is 5.75 Å². The number of nitriles is 1. The lowest BCUT2D eigenvalue weighted by atomic mass is 10.1. The molecule has 0 radical (unpaired) electrons. The van der Waals surface area contributed by atoms with Crippen LogP contribution in [0.4, 0.5) is 0 Å². The SMILES string of the molecule is N#Cc1cc2c([nH]c1=O)CCS(=O)(=O)C2. The molecule has 0 fully saturated rings. The number of pyridine rings is 1. The predicted octanol–water partition coefficient (Wildman–Crippen LogP) is -0.283. The summed E-state index contributed by atoms with van der Waals surface area (Å²) in [6, 6.07) is 3.10. The van der Waals surface area contributed by atoms with Crippen LogP contribution in [-0.4, -0.2) is 19.2 Å². The van der Waals surface area contributed by atoms with Crippen molar-refractivity contribution in [3.8, 4) is 6.07 Å². The van der Waals surface area contributed by atoms with Crippen LogP contribution in [0.1, 0.15) is 16.8 Å². The second-order valence-corrected chi connectivity index (χ2v) is 5.65. The Morgan fingerprint density at radius 3 is 2.87 bits per heavy atom. The summed E-state index contributed by atoms with van der Waals surface area (Å²) in [7, 11) is -3.07. The summed E-state index contributed by atoms with van der Waals surface area (Å²) in [5, 5.41) is 8.63. The van der Waals surface area contributed by atoms with E-state index in [-0.39, 0.29) is 17.1 Å². The van der Waals surface area contributed by atoms with Gasteiger partial charge in [0.25, 0.3) is 5.56 Å². The zero-order chi connectivity index (χ0) is 11.1. The number of sulfone groups is 1. The van der Waals surface area contributed by atoms with Crippen molar-refractivity contribution in [1.82, 2.24) is 4.98 Å². The highest BCUT2D eigenvalue weighted by Crippen LogP contribution is 2.17. The minimum Gasteiger partial charge on any atom is -0.325 e. The predicted molar refractivity (Wildman–Crippen MR) is 53.0 cm³/mol. The van der Waals surface area contributed by atoms with Crippen LogP contribution >= 0.6 is 0 Å². The molecule has 0 bridgehead atoms. The summed E-state index contributed by atoms with van der Waals surface area (Å²) in [5.41, 5.74) is 0.688. The molecule has 1 aromatic heterocycles. The number of aromatic amines is 1. The number of hydrogen-bond acceptors (Lipinski definition) is 4. The fourth-order valence-corrected chi connectivity index (χ4v) is 3.00. The average molecular weight is 224 g/mol. The Bertz CT molecular complexity index is 607. The minimum atomic E-state index is -3.07. The Kier molecular flexibility index (Phi) is 2.12. The van der Waals surface area contributed by atoms with Gasteiger partial charge in [-0.2, -0.15) is 5.26 Å². The Morgan fingerprint density at radius 1 is 1.47 bits per heavy atom. The van der Waals surface area contributed by atoms with Gasteiger partial charge in [0.2, 0.25) is 0 Å². The smallest absolute Gasteiger partial charge is 0.266 e. The second-order valence-electron chi connectivity index (χ2n) is 3.47. The number of aryl methyl sites for hydroxylation is 1. The summed E-state index contributed by atoms with van der Waals surface area (Å²) in [4.78, 5) is 13.8. The van der Waals surface area contributed by atoms with Crippen LogP contribution in [-0.2, 0) is 22.0 Å². The van der Waals surface area contributed by atoms with Crippen molar-refractivity contribution >= 4 is 9.84 Å². The van der Waals surface area contributed by atoms with Crippen molar-refractivity contribution in [1.29, 1.82) is 5.26 Å². The van der Waals surface area contributed by atoms with Crippen molar-refractivity contribution in [3.63, 3.8) is 0 Å². The Hall–Kier alpha value is -1.61. The zero-order valence-corrected chi connectivity index (χ0v) is 8.60. The first-order valence-corrected chi connectivity index (χ1v) is 6.19. The van der Waals surface area contributed by atoms with Crippen molar-refractivity contribution in [2.24, 2.45) is 0 Å².